The maximum atomic E-state index is 13.4. The predicted molar refractivity (Wildman–Crippen MR) is 116 cm³/mol. The highest BCUT2D eigenvalue weighted by molar-refractivity contribution is 6.30. The maximum absolute atomic E-state index is 13.4. The number of carbonyl (C=O) groups is 2. The number of hydrogen-bond acceptors (Lipinski definition) is 5. The maximum Gasteiger partial charge on any atom is 0.410 e. The van der Waals surface area contributed by atoms with Crippen molar-refractivity contribution in [2.45, 2.75) is 57.4 Å². The number of halogens is 7. The number of nitrogens with one attached hydrogen (secondary N) is 2. The number of carboxylic acid groups (broad SMARTS) is 1. The van der Waals surface area contributed by atoms with Gasteiger partial charge in [0, 0.05) is 13.5 Å². The van der Waals surface area contributed by atoms with Gasteiger partial charge < -0.3 is 20.5 Å². The third kappa shape index (κ3) is 6.29. The summed E-state index contributed by atoms with van der Waals surface area (Å²) in [7, 11) is 1.19. The molecule has 0 spiro atoms. The van der Waals surface area contributed by atoms with Crippen molar-refractivity contribution < 1.29 is 45.8 Å². The standard InChI is InChI=1S/C20H23ClF6N6O4/c1-18(2,20(25,26)27)6-10(29-17(35)36)11-7-33-13(28-11)4-9(15(21)31-33)5-14(37-3)32-8-12(19(22,23)24)30-16(32)34/h4,7,10,12,14,29H,5-6,8H2,1-3H3,(H,30,34)(H,35,36)/t10-,12-,14-/m0/s1. The molecule has 10 nitrogen and oxygen atoms in total. The topological polar surface area (TPSA) is 121 Å². The smallest absolute Gasteiger partial charge is 0.410 e. The Morgan fingerprint density at radius 2 is 1.97 bits per heavy atom. The van der Waals surface area contributed by atoms with Crippen LogP contribution in [0.25, 0.3) is 5.65 Å². The number of hydrogen-bond donors (Lipinski definition) is 3. The predicted octanol–water partition coefficient (Wildman–Crippen LogP) is 4.14. The second-order valence-electron chi connectivity index (χ2n) is 9.11. The molecular weight excluding hydrogens is 538 g/mol. The summed E-state index contributed by atoms with van der Waals surface area (Å²) < 4.78 is 85.7. The van der Waals surface area contributed by atoms with Crippen LogP contribution in [0, 0.1) is 5.41 Å². The molecule has 1 fully saturated rings. The van der Waals surface area contributed by atoms with Crippen LogP contribution >= 0.6 is 11.6 Å². The first-order chi connectivity index (χ1) is 16.9. The van der Waals surface area contributed by atoms with Gasteiger partial charge in [-0.3, -0.25) is 4.90 Å². The quantitative estimate of drug-likeness (QED) is 0.417. The van der Waals surface area contributed by atoms with E-state index in [1.807, 2.05) is 10.6 Å². The summed E-state index contributed by atoms with van der Waals surface area (Å²) in [5, 5.41) is 16.9. The van der Waals surface area contributed by atoms with Gasteiger partial charge in [-0.15, -0.1) is 0 Å². The lowest BCUT2D eigenvalue weighted by Crippen LogP contribution is -2.41. The van der Waals surface area contributed by atoms with E-state index >= 15 is 0 Å². The molecule has 3 atom stereocenters. The van der Waals surface area contributed by atoms with Gasteiger partial charge in [0.05, 0.1) is 29.9 Å². The summed E-state index contributed by atoms with van der Waals surface area (Å²) in [6.45, 7) is 1.16. The van der Waals surface area contributed by atoms with Gasteiger partial charge in [-0.2, -0.15) is 31.4 Å². The first-order valence-corrected chi connectivity index (χ1v) is 11.1. The van der Waals surface area contributed by atoms with E-state index < -0.39 is 61.2 Å². The number of urea groups is 1. The van der Waals surface area contributed by atoms with Gasteiger partial charge in [-0.1, -0.05) is 25.4 Å². The van der Waals surface area contributed by atoms with Crippen LogP contribution in [0.4, 0.5) is 35.9 Å². The summed E-state index contributed by atoms with van der Waals surface area (Å²) in [6.07, 6.45) is -11.6. The molecule has 0 aromatic carbocycles. The Balaban J connectivity index is 1.89. The van der Waals surface area contributed by atoms with Crippen LogP contribution in [0.3, 0.4) is 0 Å². The number of ether oxygens (including phenoxy) is 1. The molecule has 1 aliphatic heterocycles. The molecule has 2 aromatic heterocycles. The van der Waals surface area contributed by atoms with E-state index in [2.05, 4.69) is 10.1 Å². The lowest BCUT2D eigenvalue weighted by atomic mass is 9.84. The van der Waals surface area contributed by atoms with Crippen LogP contribution in [-0.2, 0) is 11.2 Å². The largest absolute Gasteiger partial charge is 0.465 e. The zero-order chi connectivity index (χ0) is 27.9. The minimum Gasteiger partial charge on any atom is -0.465 e. The number of carbonyl (C=O) groups excluding carboxylic acids is 1. The van der Waals surface area contributed by atoms with Crippen molar-refractivity contribution in [1.82, 2.24) is 30.1 Å². The Bertz CT molecular complexity index is 1170. The molecule has 17 heteroatoms. The number of fused-ring (bicyclic) bond motifs is 1. The van der Waals surface area contributed by atoms with Crippen LogP contribution in [0.15, 0.2) is 12.3 Å². The number of imidazole rings is 1. The number of amides is 3. The van der Waals surface area contributed by atoms with E-state index in [4.69, 9.17) is 21.4 Å². The van der Waals surface area contributed by atoms with Crippen molar-refractivity contribution in [3.05, 3.63) is 28.7 Å². The Labute approximate surface area is 210 Å². The summed E-state index contributed by atoms with van der Waals surface area (Å²) in [5.41, 5.74) is -2.02. The average molecular weight is 561 g/mol. The second-order valence-corrected chi connectivity index (χ2v) is 9.47. The molecule has 3 heterocycles. The fourth-order valence-electron chi connectivity index (χ4n) is 3.77. The highest BCUT2D eigenvalue weighted by Gasteiger charge is 2.49. The van der Waals surface area contributed by atoms with Crippen LogP contribution in [0.5, 0.6) is 0 Å². The van der Waals surface area contributed by atoms with Crippen LogP contribution < -0.4 is 10.6 Å². The van der Waals surface area contributed by atoms with Crippen molar-refractivity contribution >= 4 is 29.4 Å². The normalized spacial score (nSPS) is 18.7. The monoisotopic (exact) mass is 560 g/mol. The number of rotatable bonds is 8. The summed E-state index contributed by atoms with van der Waals surface area (Å²) in [6, 6.07) is -3.05. The SMILES string of the molecule is CO[C@@H](Cc1cc2nc([C@H](CC(C)(C)C(F)(F)F)NC(=O)O)cn2nc1Cl)N1C[C@@H](C(F)(F)F)NC1=O. The highest BCUT2D eigenvalue weighted by atomic mass is 35.5. The fourth-order valence-corrected chi connectivity index (χ4v) is 3.99. The minimum absolute atomic E-state index is 0.0596. The molecule has 0 radical (unpaired) electrons. The molecule has 3 amide bonds. The number of methoxy groups -OCH3 is 1. The molecule has 206 valence electrons. The summed E-state index contributed by atoms with van der Waals surface area (Å²) in [5.74, 6) is 0. The Morgan fingerprint density at radius 3 is 2.49 bits per heavy atom. The first kappa shape index (κ1) is 28.6. The van der Waals surface area contributed by atoms with E-state index in [1.165, 1.54) is 19.4 Å². The number of aromatic nitrogens is 3. The fraction of sp³-hybridized carbons (Fsp3) is 0.600. The second kappa shape index (κ2) is 10.0. The lowest BCUT2D eigenvalue weighted by Gasteiger charge is -2.31. The Morgan fingerprint density at radius 1 is 1.32 bits per heavy atom. The Kier molecular flexibility index (Phi) is 7.75. The molecule has 1 aliphatic rings. The van der Waals surface area contributed by atoms with Gasteiger partial charge in [0.1, 0.15) is 12.3 Å². The highest BCUT2D eigenvalue weighted by Crippen LogP contribution is 2.43. The van der Waals surface area contributed by atoms with Crippen molar-refractivity contribution in [2.75, 3.05) is 13.7 Å². The van der Waals surface area contributed by atoms with Crippen molar-refractivity contribution in [1.29, 1.82) is 0 Å². The number of nitrogens with zero attached hydrogens (tertiary/aromatic N) is 4. The van der Waals surface area contributed by atoms with Gasteiger partial charge in [0.15, 0.2) is 10.8 Å². The molecule has 0 bridgehead atoms. The molecule has 2 aromatic rings. The van der Waals surface area contributed by atoms with Gasteiger partial charge in [-0.05, 0) is 18.1 Å². The van der Waals surface area contributed by atoms with Crippen LogP contribution in [0.2, 0.25) is 5.15 Å². The van der Waals surface area contributed by atoms with Crippen LogP contribution in [0.1, 0.15) is 37.6 Å². The summed E-state index contributed by atoms with van der Waals surface area (Å²) >= 11 is 6.22. The van der Waals surface area contributed by atoms with E-state index in [0.717, 1.165) is 23.3 Å². The average Bonchev–Trinajstić information content (AvgIpc) is 3.33. The first-order valence-electron chi connectivity index (χ1n) is 10.7. The van der Waals surface area contributed by atoms with E-state index in [0.29, 0.717) is 0 Å². The molecule has 0 aliphatic carbocycles. The van der Waals surface area contributed by atoms with Crippen molar-refractivity contribution in [2.24, 2.45) is 5.41 Å². The molecule has 1 saturated heterocycles. The van der Waals surface area contributed by atoms with Crippen molar-refractivity contribution in [3.8, 4) is 0 Å². The molecular formula is C20H23ClF6N6O4. The molecule has 0 saturated carbocycles. The Hall–Kier alpha value is -3.01. The molecule has 3 N–H and O–H groups in total. The number of alkyl halides is 6. The van der Waals surface area contributed by atoms with Crippen molar-refractivity contribution in [3.63, 3.8) is 0 Å². The van der Waals surface area contributed by atoms with Gasteiger partial charge in [-0.25, -0.2) is 19.1 Å². The molecule has 3 rings (SSSR count). The third-order valence-corrected chi connectivity index (χ3v) is 6.30. The lowest BCUT2D eigenvalue weighted by molar-refractivity contribution is -0.215. The van der Waals surface area contributed by atoms with Gasteiger partial charge in [0.25, 0.3) is 0 Å². The zero-order valence-corrected chi connectivity index (χ0v) is 20.4. The summed E-state index contributed by atoms with van der Waals surface area (Å²) in [4.78, 5) is 28.4. The van der Waals surface area contributed by atoms with E-state index in [-0.39, 0.29) is 28.5 Å². The molecule has 0 unspecified atom stereocenters. The third-order valence-electron chi connectivity index (χ3n) is 5.98. The minimum atomic E-state index is -4.66. The zero-order valence-electron chi connectivity index (χ0n) is 19.6. The van der Waals surface area contributed by atoms with Gasteiger partial charge in [0.2, 0.25) is 0 Å². The van der Waals surface area contributed by atoms with E-state index in [1.54, 1.807) is 0 Å². The van der Waals surface area contributed by atoms with E-state index in [9.17, 15) is 35.9 Å². The molecule has 37 heavy (non-hydrogen) atoms. The van der Waals surface area contributed by atoms with Gasteiger partial charge >= 0.3 is 24.5 Å². The van der Waals surface area contributed by atoms with Crippen LogP contribution in [-0.4, -0.2) is 75.0 Å².